The van der Waals surface area contributed by atoms with Crippen LogP contribution in [0.5, 0.6) is 0 Å². The third kappa shape index (κ3) is 3.72. The number of rotatable bonds is 5. The van der Waals surface area contributed by atoms with Gasteiger partial charge in [-0.3, -0.25) is 0 Å². The van der Waals surface area contributed by atoms with Crippen molar-refractivity contribution in [3.63, 3.8) is 0 Å². The van der Waals surface area contributed by atoms with E-state index in [0.29, 0.717) is 19.0 Å². The highest BCUT2D eigenvalue weighted by Gasteiger charge is 2.11. The first kappa shape index (κ1) is 13.5. The van der Waals surface area contributed by atoms with Crippen LogP contribution in [-0.2, 0) is 0 Å². The predicted molar refractivity (Wildman–Crippen MR) is 67.6 cm³/mol. The molecule has 92 valence electrons. The van der Waals surface area contributed by atoms with Gasteiger partial charge in [0.25, 0.3) is 0 Å². The number of hydrogen-bond donors (Lipinski definition) is 1. The summed E-state index contributed by atoms with van der Waals surface area (Å²) in [5.41, 5.74) is 0.803. The second-order valence-electron chi connectivity index (χ2n) is 4.32. The molecule has 0 aliphatic rings. The predicted octanol–water partition coefficient (Wildman–Crippen LogP) is 2.26. The van der Waals surface area contributed by atoms with Gasteiger partial charge < -0.3 is 10.0 Å². The number of pyridine rings is 1. The van der Waals surface area contributed by atoms with Crippen molar-refractivity contribution >= 4 is 5.82 Å². The number of nitrogens with zero attached hydrogens (tertiary/aromatic N) is 3. The van der Waals surface area contributed by atoms with Gasteiger partial charge in [0, 0.05) is 18.8 Å². The summed E-state index contributed by atoms with van der Waals surface area (Å²) >= 11 is 0. The highest BCUT2D eigenvalue weighted by Crippen LogP contribution is 2.17. The minimum absolute atomic E-state index is 0.299. The van der Waals surface area contributed by atoms with Gasteiger partial charge in [-0.15, -0.1) is 0 Å². The third-order valence-corrected chi connectivity index (χ3v) is 2.64. The zero-order chi connectivity index (χ0) is 12.8. The molecule has 0 spiro atoms. The minimum atomic E-state index is -0.497. The Bertz CT molecular complexity index is 379. The summed E-state index contributed by atoms with van der Waals surface area (Å²) in [7, 11) is 0. The second-order valence-corrected chi connectivity index (χ2v) is 4.32. The number of anilines is 1. The molecule has 0 saturated heterocycles. The van der Waals surface area contributed by atoms with Gasteiger partial charge in [-0.2, -0.15) is 5.26 Å². The molecule has 1 rings (SSSR count). The lowest BCUT2D eigenvalue weighted by atomic mass is 10.2. The van der Waals surface area contributed by atoms with Crippen LogP contribution in [0.15, 0.2) is 18.3 Å². The average Bonchev–Trinajstić information content (AvgIpc) is 2.29. The molecule has 0 bridgehead atoms. The third-order valence-electron chi connectivity index (χ3n) is 2.64. The van der Waals surface area contributed by atoms with E-state index in [-0.39, 0.29) is 0 Å². The molecule has 0 unspecified atom stereocenters. The number of nitriles is 1. The first-order valence-corrected chi connectivity index (χ1v) is 5.84. The van der Waals surface area contributed by atoms with Gasteiger partial charge in [0.15, 0.2) is 0 Å². The molecule has 1 atom stereocenters. The second kappa shape index (κ2) is 6.21. The smallest absolute Gasteiger partial charge is 0.128 e. The fourth-order valence-corrected chi connectivity index (χ4v) is 1.62. The molecule has 0 saturated carbocycles. The standard InChI is InChI=1S/C13H19N3O/c1-10(2)16(8-4-7-14)13-6-5-12(9-15-13)11(3)17/h5-6,9-11,17H,4,8H2,1-3H3/t11-/m0/s1. The number of aromatic nitrogens is 1. The van der Waals surface area contributed by atoms with Crippen LogP contribution in [0.25, 0.3) is 0 Å². The Morgan fingerprint density at radius 2 is 2.12 bits per heavy atom. The van der Waals surface area contributed by atoms with Crippen molar-refractivity contribution in [2.24, 2.45) is 0 Å². The van der Waals surface area contributed by atoms with Crippen molar-refractivity contribution in [3.8, 4) is 6.07 Å². The Morgan fingerprint density at radius 1 is 1.41 bits per heavy atom. The van der Waals surface area contributed by atoms with Crippen LogP contribution in [0.3, 0.4) is 0 Å². The first-order valence-electron chi connectivity index (χ1n) is 5.84. The summed E-state index contributed by atoms with van der Waals surface area (Å²) in [6.45, 7) is 6.53. The van der Waals surface area contributed by atoms with E-state index < -0.39 is 6.10 Å². The molecule has 4 heteroatoms. The summed E-state index contributed by atoms with van der Waals surface area (Å²) < 4.78 is 0. The number of aliphatic hydroxyl groups excluding tert-OH is 1. The van der Waals surface area contributed by atoms with Gasteiger partial charge in [-0.05, 0) is 32.4 Å². The van der Waals surface area contributed by atoms with Crippen LogP contribution in [0.4, 0.5) is 5.82 Å². The maximum Gasteiger partial charge on any atom is 0.128 e. The molecular formula is C13H19N3O. The summed E-state index contributed by atoms with van der Waals surface area (Å²) in [5.74, 6) is 0.847. The van der Waals surface area contributed by atoms with Gasteiger partial charge in [0.1, 0.15) is 5.82 Å². The Hall–Kier alpha value is -1.60. The average molecular weight is 233 g/mol. The van der Waals surface area contributed by atoms with E-state index in [1.807, 2.05) is 12.1 Å². The fraction of sp³-hybridized carbons (Fsp3) is 0.538. The Morgan fingerprint density at radius 3 is 2.53 bits per heavy atom. The molecule has 0 aliphatic heterocycles. The van der Waals surface area contributed by atoms with E-state index in [0.717, 1.165) is 11.4 Å². The molecule has 1 heterocycles. The zero-order valence-corrected chi connectivity index (χ0v) is 10.6. The molecular weight excluding hydrogens is 214 g/mol. The van der Waals surface area contributed by atoms with E-state index in [4.69, 9.17) is 5.26 Å². The van der Waals surface area contributed by atoms with Crippen molar-refractivity contribution in [2.45, 2.75) is 39.3 Å². The largest absolute Gasteiger partial charge is 0.389 e. The summed E-state index contributed by atoms with van der Waals surface area (Å²) in [4.78, 5) is 6.41. The monoisotopic (exact) mass is 233 g/mol. The zero-order valence-electron chi connectivity index (χ0n) is 10.6. The molecule has 0 amide bonds. The molecule has 1 aromatic rings. The first-order chi connectivity index (χ1) is 8.06. The van der Waals surface area contributed by atoms with Crippen molar-refractivity contribution in [2.75, 3.05) is 11.4 Å². The molecule has 0 aliphatic carbocycles. The van der Waals surface area contributed by atoms with Gasteiger partial charge in [0.05, 0.1) is 18.6 Å². The number of aliphatic hydroxyl groups is 1. The SMILES string of the molecule is CC(C)N(CCC#N)c1ccc([C@H](C)O)cn1. The van der Waals surface area contributed by atoms with Crippen molar-refractivity contribution in [1.82, 2.24) is 4.98 Å². The van der Waals surface area contributed by atoms with Crippen molar-refractivity contribution in [3.05, 3.63) is 23.9 Å². The Balaban J connectivity index is 2.84. The maximum atomic E-state index is 9.41. The van der Waals surface area contributed by atoms with Crippen LogP contribution in [0, 0.1) is 11.3 Å². The molecule has 1 aromatic heterocycles. The summed E-state index contributed by atoms with van der Waals surface area (Å²) in [6.07, 6.45) is 1.67. The maximum absolute atomic E-state index is 9.41. The van der Waals surface area contributed by atoms with Gasteiger partial charge in [-0.25, -0.2) is 4.98 Å². The molecule has 17 heavy (non-hydrogen) atoms. The van der Waals surface area contributed by atoms with Crippen LogP contribution in [0.1, 0.15) is 38.9 Å². The normalized spacial score (nSPS) is 12.2. The van der Waals surface area contributed by atoms with Gasteiger partial charge in [0.2, 0.25) is 0 Å². The summed E-state index contributed by atoms with van der Waals surface area (Å²) in [6, 6.07) is 6.20. The lowest BCUT2D eigenvalue weighted by Crippen LogP contribution is -2.32. The van der Waals surface area contributed by atoms with Crippen molar-refractivity contribution in [1.29, 1.82) is 5.26 Å². The van der Waals surface area contributed by atoms with Crippen LogP contribution in [0.2, 0.25) is 0 Å². The van der Waals surface area contributed by atoms with E-state index in [1.165, 1.54) is 0 Å². The van der Waals surface area contributed by atoms with Gasteiger partial charge >= 0.3 is 0 Å². The van der Waals surface area contributed by atoms with Crippen LogP contribution in [-0.4, -0.2) is 22.7 Å². The minimum Gasteiger partial charge on any atom is -0.389 e. The molecule has 1 N–H and O–H groups in total. The van der Waals surface area contributed by atoms with E-state index in [9.17, 15) is 5.11 Å². The van der Waals surface area contributed by atoms with E-state index in [1.54, 1.807) is 13.1 Å². The lowest BCUT2D eigenvalue weighted by Gasteiger charge is -2.27. The topological polar surface area (TPSA) is 60.2 Å². The quantitative estimate of drug-likeness (QED) is 0.847. The van der Waals surface area contributed by atoms with Crippen molar-refractivity contribution < 1.29 is 5.11 Å². The lowest BCUT2D eigenvalue weighted by molar-refractivity contribution is 0.199. The molecule has 0 aromatic carbocycles. The fourth-order valence-electron chi connectivity index (χ4n) is 1.62. The highest BCUT2D eigenvalue weighted by atomic mass is 16.3. The van der Waals surface area contributed by atoms with Gasteiger partial charge in [-0.1, -0.05) is 6.07 Å². The van der Waals surface area contributed by atoms with E-state index in [2.05, 4.69) is 29.8 Å². The summed E-state index contributed by atoms with van der Waals surface area (Å²) in [5, 5.41) is 18.0. The van der Waals surface area contributed by atoms with Crippen LogP contribution >= 0.6 is 0 Å². The van der Waals surface area contributed by atoms with E-state index >= 15 is 0 Å². The molecule has 4 nitrogen and oxygen atoms in total. The number of hydrogen-bond acceptors (Lipinski definition) is 4. The molecule has 0 fully saturated rings. The highest BCUT2D eigenvalue weighted by molar-refractivity contribution is 5.40. The Labute approximate surface area is 103 Å². The Kier molecular flexibility index (Phi) is 4.92. The van der Waals surface area contributed by atoms with Crippen LogP contribution < -0.4 is 4.90 Å². The molecule has 0 radical (unpaired) electrons.